The average Bonchev–Trinajstić information content (AvgIpc) is 2.47. The molecule has 0 saturated heterocycles. The molecule has 5 nitrogen and oxygen atoms in total. The summed E-state index contributed by atoms with van der Waals surface area (Å²) >= 11 is 7.37. The largest absolute Gasteiger partial charge is 0.506 e. The summed E-state index contributed by atoms with van der Waals surface area (Å²) in [6.07, 6.45) is 1.76. The molecule has 1 heterocycles. The number of nitrogens with one attached hydrogen (secondary N) is 1. The molecule has 120 valence electrons. The first-order valence-electron chi connectivity index (χ1n) is 6.80. The summed E-state index contributed by atoms with van der Waals surface area (Å²) in [6.45, 7) is 6.01. The zero-order valence-electron chi connectivity index (χ0n) is 13.2. The SMILES string of the molecule is CSc1nc(-c2cc(C(C)(C)C)cc(Cl)c2O)c(C#N)c(=O)[nH]1. The minimum atomic E-state index is -0.543. The van der Waals surface area contributed by atoms with E-state index in [1.807, 2.05) is 26.8 Å². The van der Waals surface area contributed by atoms with Crippen molar-refractivity contribution < 1.29 is 5.11 Å². The summed E-state index contributed by atoms with van der Waals surface area (Å²) in [6, 6.07) is 5.24. The summed E-state index contributed by atoms with van der Waals surface area (Å²) < 4.78 is 0. The molecular weight excluding hydrogens is 334 g/mol. The van der Waals surface area contributed by atoms with Gasteiger partial charge in [0.25, 0.3) is 5.56 Å². The van der Waals surface area contributed by atoms with Gasteiger partial charge in [-0.25, -0.2) is 4.98 Å². The molecular formula is C16H16ClN3O2S. The van der Waals surface area contributed by atoms with Gasteiger partial charge in [-0.1, -0.05) is 44.1 Å². The van der Waals surface area contributed by atoms with Crippen molar-refractivity contribution >= 4 is 23.4 Å². The Morgan fingerprint density at radius 1 is 1.39 bits per heavy atom. The number of benzene rings is 1. The maximum absolute atomic E-state index is 12.1. The van der Waals surface area contributed by atoms with Crippen LogP contribution >= 0.6 is 23.4 Å². The number of phenolic OH excluding ortho intramolecular Hbond substituents is 1. The first-order valence-corrected chi connectivity index (χ1v) is 8.41. The summed E-state index contributed by atoms with van der Waals surface area (Å²) in [5, 5.41) is 20.1. The van der Waals surface area contributed by atoms with E-state index >= 15 is 0 Å². The van der Waals surface area contributed by atoms with Crippen LogP contribution in [0.3, 0.4) is 0 Å². The standard InChI is InChI=1S/C16H16ClN3O2S/c1-16(2,3)8-5-9(13(21)11(17)6-8)12-10(7-18)14(22)20-15(19-12)23-4/h5-6,21H,1-4H3,(H,19,20,22). The van der Waals surface area contributed by atoms with E-state index < -0.39 is 5.56 Å². The van der Waals surface area contributed by atoms with E-state index in [-0.39, 0.29) is 33.0 Å². The molecule has 0 saturated carbocycles. The summed E-state index contributed by atoms with van der Waals surface area (Å²) in [7, 11) is 0. The van der Waals surface area contributed by atoms with Crippen molar-refractivity contribution in [3.05, 3.63) is 38.6 Å². The first kappa shape index (κ1) is 17.4. The van der Waals surface area contributed by atoms with E-state index in [0.717, 1.165) is 5.56 Å². The second-order valence-electron chi connectivity index (χ2n) is 6.01. The van der Waals surface area contributed by atoms with Gasteiger partial charge in [0.1, 0.15) is 23.1 Å². The zero-order valence-corrected chi connectivity index (χ0v) is 14.8. The smallest absolute Gasteiger partial charge is 0.270 e. The van der Waals surface area contributed by atoms with E-state index in [1.165, 1.54) is 11.8 Å². The number of aromatic amines is 1. The molecule has 2 aromatic rings. The molecule has 2 rings (SSSR count). The number of hydrogen-bond acceptors (Lipinski definition) is 5. The molecule has 0 unspecified atom stereocenters. The van der Waals surface area contributed by atoms with Gasteiger partial charge in [-0.05, 0) is 29.4 Å². The maximum Gasteiger partial charge on any atom is 0.270 e. The van der Waals surface area contributed by atoms with Gasteiger partial charge in [0.2, 0.25) is 0 Å². The molecule has 0 aliphatic rings. The number of rotatable bonds is 2. The van der Waals surface area contributed by atoms with Crippen molar-refractivity contribution in [3.63, 3.8) is 0 Å². The average molecular weight is 350 g/mol. The second-order valence-corrected chi connectivity index (χ2v) is 7.22. The third-order valence-electron chi connectivity index (χ3n) is 3.39. The van der Waals surface area contributed by atoms with Crippen LogP contribution in [0.25, 0.3) is 11.3 Å². The first-order chi connectivity index (χ1) is 10.7. The topological polar surface area (TPSA) is 89.8 Å². The summed E-state index contributed by atoms with van der Waals surface area (Å²) in [5.74, 6) is -0.193. The van der Waals surface area contributed by atoms with Gasteiger partial charge >= 0.3 is 0 Å². The fraction of sp³-hybridized carbons (Fsp3) is 0.312. The van der Waals surface area contributed by atoms with Crippen LogP contribution in [0.5, 0.6) is 5.75 Å². The lowest BCUT2D eigenvalue weighted by molar-refractivity contribution is 0.476. The van der Waals surface area contributed by atoms with Crippen LogP contribution in [0.15, 0.2) is 22.1 Å². The maximum atomic E-state index is 12.1. The highest BCUT2D eigenvalue weighted by Crippen LogP contribution is 2.39. The second kappa shape index (κ2) is 6.26. The Labute approximate surface area is 143 Å². The third-order valence-corrected chi connectivity index (χ3v) is 4.26. The zero-order chi connectivity index (χ0) is 17.4. The number of aromatic hydroxyl groups is 1. The molecule has 0 radical (unpaired) electrons. The van der Waals surface area contributed by atoms with Crippen molar-refractivity contribution in [2.24, 2.45) is 0 Å². The summed E-state index contributed by atoms with van der Waals surface area (Å²) in [4.78, 5) is 18.9. The number of nitrogens with zero attached hydrogens (tertiary/aromatic N) is 2. The van der Waals surface area contributed by atoms with Crippen LogP contribution < -0.4 is 5.56 Å². The van der Waals surface area contributed by atoms with E-state index in [4.69, 9.17) is 11.6 Å². The Morgan fingerprint density at radius 3 is 2.57 bits per heavy atom. The van der Waals surface area contributed by atoms with Crippen molar-refractivity contribution in [1.82, 2.24) is 9.97 Å². The molecule has 0 atom stereocenters. The lowest BCUT2D eigenvalue weighted by atomic mass is 9.85. The van der Waals surface area contributed by atoms with Crippen LogP contribution in [0.1, 0.15) is 31.9 Å². The van der Waals surface area contributed by atoms with Gasteiger partial charge < -0.3 is 10.1 Å². The predicted molar refractivity (Wildman–Crippen MR) is 92.2 cm³/mol. The molecule has 0 spiro atoms. The van der Waals surface area contributed by atoms with Gasteiger partial charge in [-0.2, -0.15) is 5.26 Å². The van der Waals surface area contributed by atoms with Gasteiger partial charge in [0, 0.05) is 5.56 Å². The minimum absolute atomic E-state index is 0.131. The van der Waals surface area contributed by atoms with Gasteiger partial charge in [-0.3, -0.25) is 4.79 Å². The van der Waals surface area contributed by atoms with Gasteiger partial charge in [-0.15, -0.1) is 0 Å². The fourth-order valence-electron chi connectivity index (χ4n) is 2.06. The Morgan fingerprint density at radius 2 is 2.04 bits per heavy atom. The highest BCUT2D eigenvalue weighted by Gasteiger charge is 2.22. The van der Waals surface area contributed by atoms with Gasteiger partial charge in [0.15, 0.2) is 5.16 Å². The van der Waals surface area contributed by atoms with E-state index in [1.54, 1.807) is 18.4 Å². The molecule has 0 aliphatic heterocycles. The highest BCUT2D eigenvalue weighted by atomic mass is 35.5. The normalized spacial score (nSPS) is 11.3. The molecule has 0 bridgehead atoms. The number of aromatic nitrogens is 2. The van der Waals surface area contributed by atoms with Crippen molar-refractivity contribution in [1.29, 1.82) is 5.26 Å². The van der Waals surface area contributed by atoms with Crippen LogP contribution in [-0.4, -0.2) is 21.3 Å². The molecule has 23 heavy (non-hydrogen) atoms. The van der Waals surface area contributed by atoms with Crippen LogP contribution in [0.4, 0.5) is 0 Å². The molecule has 0 fully saturated rings. The molecule has 2 N–H and O–H groups in total. The molecule has 1 aromatic heterocycles. The number of H-pyrrole nitrogens is 1. The van der Waals surface area contributed by atoms with E-state index in [2.05, 4.69) is 9.97 Å². The predicted octanol–water partition coefficient (Wildman–Crippen LogP) is 3.69. The van der Waals surface area contributed by atoms with Crippen LogP contribution in [-0.2, 0) is 5.41 Å². The molecule has 0 aliphatic carbocycles. The lowest BCUT2D eigenvalue weighted by Gasteiger charge is -2.21. The van der Waals surface area contributed by atoms with Crippen molar-refractivity contribution in [3.8, 4) is 23.1 Å². The van der Waals surface area contributed by atoms with Crippen LogP contribution in [0.2, 0.25) is 5.02 Å². The molecule has 0 amide bonds. The fourth-order valence-corrected chi connectivity index (χ4v) is 2.66. The quantitative estimate of drug-likeness (QED) is 0.637. The van der Waals surface area contributed by atoms with E-state index in [0.29, 0.717) is 5.16 Å². The van der Waals surface area contributed by atoms with E-state index in [9.17, 15) is 15.2 Å². The van der Waals surface area contributed by atoms with Gasteiger partial charge in [0.05, 0.1) is 5.02 Å². The Kier molecular flexibility index (Phi) is 4.73. The number of halogens is 1. The Bertz CT molecular complexity index is 863. The van der Waals surface area contributed by atoms with Crippen molar-refractivity contribution in [2.75, 3.05) is 6.26 Å². The third kappa shape index (κ3) is 3.36. The Balaban J connectivity index is 2.87. The number of nitriles is 1. The number of thioether (sulfide) groups is 1. The van der Waals surface area contributed by atoms with Crippen molar-refractivity contribution in [2.45, 2.75) is 31.3 Å². The number of hydrogen-bond donors (Lipinski definition) is 2. The number of phenols is 1. The highest BCUT2D eigenvalue weighted by molar-refractivity contribution is 7.98. The summed E-state index contributed by atoms with van der Waals surface area (Å²) in [5.41, 5.74) is 0.361. The van der Waals surface area contributed by atoms with Crippen LogP contribution in [0, 0.1) is 11.3 Å². The lowest BCUT2D eigenvalue weighted by Crippen LogP contribution is -2.15. The monoisotopic (exact) mass is 349 g/mol. The molecule has 1 aromatic carbocycles. The molecule has 7 heteroatoms. The minimum Gasteiger partial charge on any atom is -0.506 e. The Hall–Kier alpha value is -1.97.